The summed E-state index contributed by atoms with van der Waals surface area (Å²) in [4.78, 5) is 2.60. The van der Waals surface area contributed by atoms with Crippen LogP contribution in [0.15, 0.2) is 24.3 Å². The maximum atomic E-state index is 5.38. The zero-order chi connectivity index (χ0) is 13.5. The van der Waals surface area contributed by atoms with E-state index in [0.29, 0.717) is 6.54 Å². The maximum absolute atomic E-state index is 5.38. The monoisotopic (exact) mass is 256 g/mol. The Morgan fingerprint density at radius 3 is 2.47 bits per heavy atom. The van der Waals surface area contributed by atoms with Gasteiger partial charge in [-0.2, -0.15) is 0 Å². The summed E-state index contributed by atoms with van der Waals surface area (Å²) in [6.07, 6.45) is 5.53. The van der Waals surface area contributed by atoms with Crippen LogP contribution in [0.25, 0.3) is 0 Å². The van der Waals surface area contributed by atoms with Crippen LogP contribution in [0.5, 0.6) is 0 Å². The van der Waals surface area contributed by atoms with Gasteiger partial charge in [-0.05, 0) is 37.1 Å². The molecular weight excluding hydrogens is 232 g/mol. The molecule has 0 heterocycles. The van der Waals surface area contributed by atoms with E-state index in [2.05, 4.69) is 47.9 Å². The van der Waals surface area contributed by atoms with Crippen molar-refractivity contribution in [3.05, 3.63) is 35.4 Å². The van der Waals surface area contributed by atoms with Crippen molar-refractivity contribution in [2.24, 2.45) is 5.73 Å². The minimum absolute atomic E-state index is 0.424. The molecule has 1 saturated carbocycles. The molecule has 0 aromatic heterocycles. The van der Waals surface area contributed by atoms with Crippen LogP contribution in [-0.4, -0.2) is 24.0 Å². The van der Waals surface area contributed by atoms with E-state index < -0.39 is 0 Å². The molecule has 19 heavy (non-hydrogen) atoms. The summed E-state index contributed by atoms with van der Waals surface area (Å²) in [5, 5.41) is 0. The van der Waals surface area contributed by atoms with Crippen molar-refractivity contribution in [3.8, 4) is 11.8 Å². The molecule has 2 N–H and O–H groups in total. The number of hydrogen-bond donors (Lipinski definition) is 1. The van der Waals surface area contributed by atoms with E-state index >= 15 is 0 Å². The quantitative estimate of drug-likeness (QED) is 0.839. The van der Waals surface area contributed by atoms with Crippen LogP contribution in [0, 0.1) is 11.8 Å². The predicted molar refractivity (Wildman–Crippen MR) is 80.7 cm³/mol. The van der Waals surface area contributed by atoms with Crippen molar-refractivity contribution in [1.82, 2.24) is 4.90 Å². The van der Waals surface area contributed by atoms with E-state index in [0.717, 1.165) is 24.7 Å². The normalized spacial score (nSPS) is 15.5. The van der Waals surface area contributed by atoms with Crippen LogP contribution in [0.3, 0.4) is 0 Å². The van der Waals surface area contributed by atoms with Gasteiger partial charge >= 0.3 is 0 Å². The Balaban J connectivity index is 1.97. The zero-order valence-electron chi connectivity index (χ0n) is 11.9. The Morgan fingerprint density at radius 2 is 1.89 bits per heavy atom. The highest BCUT2D eigenvalue weighted by Crippen LogP contribution is 2.24. The van der Waals surface area contributed by atoms with Gasteiger partial charge in [-0.15, -0.1) is 0 Å². The first kappa shape index (κ1) is 14.1. The molecule has 2 nitrogen and oxygen atoms in total. The van der Waals surface area contributed by atoms with Gasteiger partial charge in [0.15, 0.2) is 0 Å². The van der Waals surface area contributed by atoms with Crippen molar-refractivity contribution < 1.29 is 0 Å². The SMILES string of the molecule is CCN(Cc1ccc(C#CCN)cc1)C1CCCC1. The summed E-state index contributed by atoms with van der Waals surface area (Å²) < 4.78 is 0. The fourth-order valence-corrected chi connectivity index (χ4v) is 2.85. The largest absolute Gasteiger partial charge is 0.320 e. The third-order valence-electron chi connectivity index (χ3n) is 3.92. The van der Waals surface area contributed by atoms with Gasteiger partial charge in [-0.1, -0.05) is 43.7 Å². The molecule has 0 unspecified atom stereocenters. The Bertz CT molecular complexity index is 433. The van der Waals surface area contributed by atoms with Crippen LogP contribution < -0.4 is 5.73 Å². The van der Waals surface area contributed by atoms with E-state index in [1.54, 1.807) is 0 Å². The molecule has 102 valence electrons. The molecule has 0 amide bonds. The van der Waals surface area contributed by atoms with Crippen LogP contribution in [0.2, 0.25) is 0 Å². The molecule has 2 heteroatoms. The average molecular weight is 256 g/mol. The Labute approximate surface area is 117 Å². The molecule has 1 aliphatic rings. The van der Waals surface area contributed by atoms with Crippen LogP contribution in [0.4, 0.5) is 0 Å². The molecule has 1 fully saturated rings. The second-order valence-electron chi connectivity index (χ2n) is 5.20. The molecular formula is C17H24N2. The second-order valence-corrected chi connectivity index (χ2v) is 5.20. The maximum Gasteiger partial charge on any atom is 0.0555 e. The van der Waals surface area contributed by atoms with Gasteiger partial charge in [0.1, 0.15) is 0 Å². The lowest BCUT2D eigenvalue weighted by atomic mass is 10.1. The van der Waals surface area contributed by atoms with Gasteiger partial charge in [0.2, 0.25) is 0 Å². The smallest absolute Gasteiger partial charge is 0.0555 e. The van der Waals surface area contributed by atoms with E-state index in [9.17, 15) is 0 Å². The molecule has 0 aliphatic heterocycles. The highest BCUT2D eigenvalue weighted by molar-refractivity contribution is 5.36. The van der Waals surface area contributed by atoms with Gasteiger partial charge in [0, 0.05) is 18.2 Å². The molecule has 1 aliphatic carbocycles. The highest BCUT2D eigenvalue weighted by Gasteiger charge is 2.21. The summed E-state index contributed by atoms with van der Waals surface area (Å²) in [6.45, 7) is 4.89. The lowest BCUT2D eigenvalue weighted by molar-refractivity contribution is 0.200. The number of rotatable bonds is 4. The fourth-order valence-electron chi connectivity index (χ4n) is 2.85. The summed E-state index contributed by atoms with van der Waals surface area (Å²) >= 11 is 0. The Morgan fingerprint density at radius 1 is 1.21 bits per heavy atom. The van der Waals surface area contributed by atoms with Crippen molar-refractivity contribution >= 4 is 0 Å². The van der Waals surface area contributed by atoms with Gasteiger partial charge in [-0.25, -0.2) is 0 Å². The average Bonchev–Trinajstić information content (AvgIpc) is 2.98. The van der Waals surface area contributed by atoms with Crippen LogP contribution in [-0.2, 0) is 6.54 Å². The van der Waals surface area contributed by atoms with E-state index in [-0.39, 0.29) is 0 Å². The molecule has 0 saturated heterocycles. The van der Waals surface area contributed by atoms with E-state index in [1.807, 2.05) is 0 Å². The third kappa shape index (κ3) is 4.09. The molecule has 0 bridgehead atoms. The van der Waals surface area contributed by atoms with Gasteiger partial charge < -0.3 is 5.73 Å². The van der Waals surface area contributed by atoms with Gasteiger partial charge in [0.05, 0.1) is 6.54 Å². The summed E-state index contributed by atoms with van der Waals surface area (Å²) in [5.74, 6) is 5.95. The molecule has 1 aromatic rings. The molecule has 0 spiro atoms. The number of benzene rings is 1. The first-order chi connectivity index (χ1) is 9.33. The van der Waals surface area contributed by atoms with Crippen molar-refractivity contribution in [3.63, 3.8) is 0 Å². The van der Waals surface area contributed by atoms with Crippen LogP contribution in [0.1, 0.15) is 43.7 Å². The number of nitrogens with two attached hydrogens (primary N) is 1. The van der Waals surface area contributed by atoms with Crippen molar-refractivity contribution in [1.29, 1.82) is 0 Å². The highest BCUT2D eigenvalue weighted by atomic mass is 15.1. The number of nitrogens with zero attached hydrogens (tertiary/aromatic N) is 1. The third-order valence-corrected chi connectivity index (χ3v) is 3.92. The molecule has 0 radical (unpaired) electrons. The van der Waals surface area contributed by atoms with Gasteiger partial charge in [0.25, 0.3) is 0 Å². The van der Waals surface area contributed by atoms with Crippen molar-refractivity contribution in [2.45, 2.75) is 45.2 Å². The first-order valence-electron chi connectivity index (χ1n) is 7.35. The predicted octanol–water partition coefficient (Wildman–Crippen LogP) is 2.76. The van der Waals surface area contributed by atoms with Crippen molar-refractivity contribution in [2.75, 3.05) is 13.1 Å². The van der Waals surface area contributed by atoms with E-state index in [1.165, 1.54) is 31.2 Å². The molecule has 2 rings (SSSR count). The topological polar surface area (TPSA) is 29.3 Å². The standard InChI is InChI=1S/C17H24N2/c1-2-19(17-7-3-4-8-17)14-16-11-9-15(10-12-16)6-5-13-18/h9-12,17H,2-4,7-8,13-14,18H2,1H3. The first-order valence-corrected chi connectivity index (χ1v) is 7.35. The minimum atomic E-state index is 0.424. The molecule has 1 aromatic carbocycles. The number of hydrogen-bond acceptors (Lipinski definition) is 2. The summed E-state index contributed by atoms with van der Waals surface area (Å²) in [7, 11) is 0. The summed E-state index contributed by atoms with van der Waals surface area (Å²) in [6, 6.07) is 9.37. The second kappa shape index (κ2) is 7.33. The Hall–Kier alpha value is -1.30. The zero-order valence-corrected chi connectivity index (χ0v) is 11.9. The Kier molecular flexibility index (Phi) is 5.44. The van der Waals surface area contributed by atoms with Gasteiger partial charge in [-0.3, -0.25) is 4.90 Å². The lowest BCUT2D eigenvalue weighted by Crippen LogP contribution is -2.32. The minimum Gasteiger partial charge on any atom is -0.320 e. The lowest BCUT2D eigenvalue weighted by Gasteiger charge is -2.27. The van der Waals surface area contributed by atoms with Crippen LogP contribution >= 0.6 is 0 Å². The van der Waals surface area contributed by atoms with E-state index in [4.69, 9.17) is 5.73 Å². The summed E-state index contributed by atoms with van der Waals surface area (Å²) in [5.41, 5.74) is 7.82. The fraction of sp³-hybridized carbons (Fsp3) is 0.529. The molecule has 0 atom stereocenters.